The summed E-state index contributed by atoms with van der Waals surface area (Å²) < 4.78 is 0. The van der Waals surface area contributed by atoms with E-state index in [1.807, 2.05) is 23.2 Å². The third-order valence-electron chi connectivity index (χ3n) is 5.08. The molecule has 1 saturated carbocycles. The van der Waals surface area contributed by atoms with E-state index in [1.165, 1.54) is 19.3 Å². The first-order chi connectivity index (χ1) is 12.3. The average Bonchev–Trinajstić information content (AvgIpc) is 3.16. The summed E-state index contributed by atoms with van der Waals surface area (Å²) in [6.07, 6.45) is 13.5. The predicted octanol–water partition coefficient (Wildman–Crippen LogP) is 4.29. The molecule has 1 amide bonds. The number of hydrogen-bond donors (Lipinski definition) is 1. The van der Waals surface area contributed by atoms with Crippen LogP contribution in [0.4, 0.5) is 0 Å². The second-order valence-corrected chi connectivity index (χ2v) is 6.97. The van der Waals surface area contributed by atoms with Gasteiger partial charge in [-0.2, -0.15) is 5.10 Å². The number of aromatic nitrogens is 3. The zero-order valence-corrected chi connectivity index (χ0v) is 15.1. The lowest BCUT2D eigenvalue weighted by molar-refractivity contribution is 0.0738. The summed E-state index contributed by atoms with van der Waals surface area (Å²) in [6, 6.07) is 3.94. The van der Waals surface area contributed by atoms with Gasteiger partial charge in [-0.3, -0.25) is 14.9 Å². The van der Waals surface area contributed by atoms with Gasteiger partial charge < -0.3 is 4.90 Å². The van der Waals surface area contributed by atoms with Crippen LogP contribution in [-0.2, 0) is 6.54 Å². The second-order valence-electron chi connectivity index (χ2n) is 6.97. The molecule has 0 aliphatic heterocycles. The fourth-order valence-electron chi connectivity index (χ4n) is 3.65. The number of carbonyl (C=O) groups is 1. The fraction of sp³-hybridized carbons (Fsp3) is 0.550. The standard InChI is InChI=1S/C20H28N4O/c1-2-3-12-24(15-16-8-7-11-21-13-16)20(25)18-14-22-23-19(18)17-9-5-4-6-10-17/h7-8,11,13-14,17H,2-6,9-10,12,15H2,1H3,(H,22,23). The SMILES string of the molecule is CCCCN(Cc1cccnc1)C(=O)c1cn[nH]c1C1CCCCC1. The molecule has 0 unspecified atom stereocenters. The molecule has 1 aliphatic carbocycles. The molecule has 1 N–H and O–H groups in total. The van der Waals surface area contributed by atoms with Gasteiger partial charge >= 0.3 is 0 Å². The van der Waals surface area contributed by atoms with Gasteiger partial charge in [0.25, 0.3) is 5.91 Å². The minimum atomic E-state index is 0.0895. The molecular formula is C20H28N4O. The Bertz CT molecular complexity index is 661. The number of pyridine rings is 1. The van der Waals surface area contributed by atoms with E-state index in [4.69, 9.17) is 0 Å². The monoisotopic (exact) mass is 340 g/mol. The largest absolute Gasteiger partial charge is 0.334 e. The zero-order chi connectivity index (χ0) is 17.5. The summed E-state index contributed by atoms with van der Waals surface area (Å²) in [7, 11) is 0. The van der Waals surface area contributed by atoms with E-state index in [0.29, 0.717) is 12.5 Å². The first-order valence-corrected chi connectivity index (χ1v) is 9.51. The lowest BCUT2D eigenvalue weighted by Crippen LogP contribution is -2.32. The Labute approximate surface area is 149 Å². The van der Waals surface area contributed by atoms with Gasteiger partial charge in [0.1, 0.15) is 0 Å². The van der Waals surface area contributed by atoms with E-state index in [9.17, 15) is 4.79 Å². The number of nitrogens with one attached hydrogen (secondary N) is 1. The molecule has 0 radical (unpaired) electrons. The van der Waals surface area contributed by atoms with Crippen LogP contribution in [0.15, 0.2) is 30.7 Å². The molecule has 0 atom stereocenters. The molecule has 1 fully saturated rings. The molecule has 5 nitrogen and oxygen atoms in total. The van der Waals surface area contributed by atoms with E-state index in [1.54, 1.807) is 12.4 Å². The van der Waals surface area contributed by atoms with Crippen LogP contribution < -0.4 is 0 Å². The molecule has 0 spiro atoms. The Hall–Kier alpha value is -2.17. The molecular weight excluding hydrogens is 312 g/mol. The first kappa shape index (κ1) is 17.6. The number of unbranched alkanes of at least 4 members (excludes halogenated alkanes) is 1. The maximum atomic E-state index is 13.2. The van der Waals surface area contributed by atoms with E-state index in [2.05, 4.69) is 22.1 Å². The number of nitrogens with zero attached hydrogens (tertiary/aromatic N) is 3. The third-order valence-corrected chi connectivity index (χ3v) is 5.08. The van der Waals surface area contributed by atoms with Crippen molar-refractivity contribution >= 4 is 5.91 Å². The van der Waals surface area contributed by atoms with Crippen LogP contribution in [0.1, 0.15) is 79.4 Å². The Morgan fingerprint density at radius 1 is 1.28 bits per heavy atom. The van der Waals surface area contributed by atoms with Crippen molar-refractivity contribution in [1.29, 1.82) is 0 Å². The summed E-state index contributed by atoms with van der Waals surface area (Å²) >= 11 is 0. The van der Waals surface area contributed by atoms with Gasteiger partial charge in [-0.1, -0.05) is 38.7 Å². The van der Waals surface area contributed by atoms with Gasteiger partial charge in [0, 0.05) is 31.4 Å². The minimum absolute atomic E-state index is 0.0895. The van der Waals surface area contributed by atoms with Gasteiger partial charge in [-0.25, -0.2) is 0 Å². The van der Waals surface area contributed by atoms with E-state index in [-0.39, 0.29) is 5.91 Å². The lowest BCUT2D eigenvalue weighted by atomic mass is 9.85. The van der Waals surface area contributed by atoms with Gasteiger partial charge in [-0.15, -0.1) is 0 Å². The summed E-state index contributed by atoms with van der Waals surface area (Å²) in [5, 5.41) is 7.32. The second kappa shape index (κ2) is 8.79. The number of carbonyl (C=O) groups excluding carboxylic acids is 1. The number of hydrogen-bond acceptors (Lipinski definition) is 3. The van der Waals surface area contributed by atoms with Gasteiger partial charge in [0.2, 0.25) is 0 Å². The summed E-state index contributed by atoms with van der Waals surface area (Å²) in [4.78, 5) is 19.3. The quantitative estimate of drug-likeness (QED) is 0.817. The highest BCUT2D eigenvalue weighted by Crippen LogP contribution is 2.33. The smallest absolute Gasteiger partial charge is 0.257 e. The van der Waals surface area contributed by atoms with Crippen molar-refractivity contribution in [3.05, 3.63) is 47.5 Å². The maximum absolute atomic E-state index is 13.2. The number of rotatable bonds is 7. The van der Waals surface area contributed by atoms with Gasteiger partial charge in [0.05, 0.1) is 17.5 Å². The Morgan fingerprint density at radius 3 is 2.84 bits per heavy atom. The Balaban J connectivity index is 1.78. The molecule has 134 valence electrons. The van der Waals surface area contributed by atoms with Crippen LogP contribution in [0.2, 0.25) is 0 Å². The average molecular weight is 340 g/mol. The van der Waals surface area contributed by atoms with Crippen LogP contribution >= 0.6 is 0 Å². The molecule has 2 aromatic rings. The van der Waals surface area contributed by atoms with Crippen LogP contribution in [0.3, 0.4) is 0 Å². The highest BCUT2D eigenvalue weighted by Gasteiger charge is 2.26. The number of amides is 1. The first-order valence-electron chi connectivity index (χ1n) is 9.51. The fourth-order valence-corrected chi connectivity index (χ4v) is 3.65. The molecule has 0 bridgehead atoms. The van der Waals surface area contributed by atoms with E-state index in [0.717, 1.165) is 49.0 Å². The van der Waals surface area contributed by atoms with Crippen molar-refractivity contribution in [2.75, 3.05) is 6.54 Å². The van der Waals surface area contributed by atoms with Crippen LogP contribution in [0.25, 0.3) is 0 Å². The molecule has 5 heteroatoms. The summed E-state index contributed by atoms with van der Waals surface area (Å²) in [5.74, 6) is 0.535. The Morgan fingerprint density at radius 2 is 2.12 bits per heavy atom. The Kier molecular flexibility index (Phi) is 6.20. The topological polar surface area (TPSA) is 61.9 Å². The highest BCUT2D eigenvalue weighted by atomic mass is 16.2. The molecule has 0 aromatic carbocycles. The molecule has 0 saturated heterocycles. The van der Waals surface area contributed by atoms with Crippen molar-refractivity contribution in [1.82, 2.24) is 20.1 Å². The van der Waals surface area contributed by atoms with Crippen molar-refractivity contribution in [3.63, 3.8) is 0 Å². The van der Waals surface area contributed by atoms with Crippen LogP contribution in [0.5, 0.6) is 0 Å². The minimum Gasteiger partial charge on any atom is -0.334 e. The highest BCUT2D eigenvalue weighted by molar-refractivity contribution is 5.95. The van der Waals surface area contributed by atoms with Gasteiger partial charge in [-0.05, 0) is 30.9 Å². The molecule has 1 aliphatic rings. The third kappa shape index (κ3) is 4.47. The zero-order valence-electron chi connectivity index (χ0n) is 15.1. The lowest BCUT2D eigenvalue weighted by Gasteiger charge is -2.25. The molecule has 3 rings (SSSR count). The normalized spacial score (nSPS) is 15.2. The van der Waals surface area contributed by atoms with Gasteiger partial charge in [0.15, 0.2) is 0 Å². The predicted molar refractivity (Wildman–Crippen MR) is 98.3 cm³/mol. The van der Waals surface area contributed by atoms with E-state index < -0.39 is 0 Å². The maximum Gasteiger partial charge on any atom is 0.257 e. The molecule has 25 heavy (non-hydrogen) atoms. The summed E-state index contributed by atoms with van der Waals surface area (Å²) in [5.41, 5.74) is 2.86. The van der Waals surface area contributed by atoms with Crippen molar-refractivity contribution in [2.24, 2.45) is 0 Å². The van der Waals surface area contributed by atoms with E-state index >= 15 is 0 Å². The number of H-pyrrole nitrogens is 1. The molecule has 2 aromatic heterocycles. The van der Waals surface area contributed by atoms with Crippen LogP contribution in [0, 0.1) is 0 Å². The van der Waals surface area contributed by atoms with Crippen LogP contribution in [-0.4, -0.2) is 32.5 Å². The van der Waals surface area contributed by atoms with Crippen molar-refractivity contribution in [2.45, 2.75) is 64.3 Å². The number of aromatic amines is 1. The molecule has 2 heterocycles. The van der Waals surface area contributed by atoms with Crippen molar-refractivity contribution in [3.8, 4) is 0 Å². The summed E-state index contributed by atoms with van der Waals surface area (Å²) in [6.45, 7) is 3.51. The van der Waals surface area contributed by atoms with Crippen molar-refractivity contribution < 1.29 is 4.79 Å².